The minimum atomic E-state index is -0.124. The van der Waals surface area contributed by atoms with Crippen molar-refractivity contribution >= 4 is 58.8 Å². The lowest BCUT2D eigenvalue weighted by atomic mass is 10.2. The summed E-state index contributed by atoms with van der Waals surface area (Å²) in [6, 6.07) is 6.80. The van der Waals surface area contributed by atoms with E-state index in [-0.39, 0.29) is 29.9 Å². The van der Waals surface area contributed by atoms with Gasteiger partial charge in [-0.25, -0.2) is 4.98 Å². The van der Waals surface area contributed by atoms with E-state index >= 15 is 0 Å². The Kier molecular flexibility index (Phi) is 10.6. The van der Waals surface area contributed by atoms with Crippen LogP contribution in [0.15, 0.2) is 29.3 Å². The number of nitrogens with zero attached hydrogens (tertiary/aromatic N) is 2. The van der Waals surface area contributed by atoms with Crippen LogP contribution in [0.3, 0.4) is 0 Å². The molecule has 0 atom stereocenters. The average molecular weight is 522 g/mol. The second kappa shape index (κ2) is 12.1. The Balaban J connectivity index is 0.00000364. The summed E-state index contributed by atoms with van der Waals surface area (Å²) in [5.41, 5.74) is 1.69. The number of nitrogens with one attached hydrogen (secondary N) is 3. The van der Waals surface area contributed by atoms with Gasteiger partial charge in [-0.2, -0.15) is 0 Å². The monoisotopic (exact) mass is 521 g/mol. The average Bonchev–Trinajstić information content (AvgIpc) is 2.95. The SMILES string of the molecule is CN=C(NCCNC(=O)c1ccc(Cl)cc1)NCCc1nc(C)c(C)s1.I. The zero-order chi connectivity index (χ0) is 18.9. The van der Waals surface area contributed by atoms with E-state index in [9.17, 15) is 4.79 Å². The summed E-state index contributed by atoms with van der Waals surface area (Å²) in [5, 5.41) is 11.0. The largest absolute Gasteiger partial charge is 0.356 e. The van der Waals surface area contributed by atoms with Crippen LogP contribution in [0.5, 0.6) is 0 Å². The fourth-order valence-electron chi connectivity index (χ4n) is 2.21. The van der Waals surface area contributed by atoms with Gasteiger partial charge in [0.15, 0.2) is 5.96 Å². The lowest BCUT2D eigenvalue weighted by molar-refractivity contribution is 0.0954. The zero-order valence-corrected chi connectivity index (χ0v) is 19.5. The summed E-state index contributed by atoms with van der Waals surface area (Å²) >= 11 is 7.55. The molecule has 1 heterocycles. The Bertz CT molecular complexity index is 744. The van der Waals surface area contributed by atoms with E-state index < -0.39 is 0 Å². The third-order valence-electron chi connectivity index (χ3n) is 3.74. The standard InChI is InChI=1S/C18H24ClN5OS.HI/c1-12-13(2)26-16(24-12)8-9-22-18(20-3)23-11-10-21-17(25)14-4-6-15(19)7-5-14;/h4-7H,8-11H2,1-3H3,(H,21,25)(H2,20,22,23);1H. The fourth-order valence-corrected chi connectivity index (χ4v) is 3.27. The smallest absolute Gasteiger partial charge is 0.251 e. The molecule has 0 fully saturated rings. The number of aliphatic imine (C=N–C) groups is 1. The Hall–Kier alpha value is -1.39. The number of halogens is 2. The Morgan fingerprint density at radius 2 is 1.74 bits per heavy atom. The fraction of sp³-hybridized carbons (Fsp3) is 0.389. The van der Waals surface area contributed by atoms with E-state index in [2.05, 4.69) is 32.9 Å². The summed E-state index contributed by atoms with van der Waals surface area (Å²) < 4.78 is 0. The van der Waals surface area contributed by atoms with Crippen molar-refractivity contribution in [3.05, 3.63) is 50.4 Å². The summed E-state index contributed by atoms with van der Waals surface area (Å²) in [6.07, 6.45) is 0.855. The highest BCUT2D eigenvalue weighted by atomic mass is 127. The van der Waals surface area contributed by atoms with Crippen LogP contribution in [0, 0.1) is 13.8 Å². The van der Waals surface area contributed by atoms with Crippen molar-refractivity contribution in [2.45, 2.75) is 20.3 Å². The third kappa shape index (κ3) is 8.02. The van der Waals surface area contributed by atoms with Crippen LogP contribution in [0.2, 0.25) is 5.02 Å². The van der Waals surface area contributed by atoms with Crippen molar-refractivity contribution in [1.29, 1.82) is 0 Å². The molecule has 0 aliphatic carbocycles. The highest BCUT2D eigenvalue weighted by Crippen LogP contribution is 2.16. The van der Waals surface area contributed by atoms with Crippen LogP contribution in [-0.4, -0.2) is 43.5 Å². The Morgan fingerprint density at radius 3 is 2.33 bits per heavy atom. The molecule has 148 valence electrons. The Morgan fingerprint density at radius 1 is 1.11 bits per heavy atom. The highest BCUT2D eigenvalue weighted by molar-refractivity contribution is 14.0. The molecule has 3 N–H and O–H groups in total. The molecule has 6 nitrogen and oxygen atoms in total. The molecule has 0 spiro atoms. The quantitative estimate of drug-likeness (QED) is 0.226. The number of benzene rings is 1. The van der Waals surface area contributed by atoms with Crippen LogP contribution >= 0.6 is 46.9 Å². The van der Waals surface area contributed by atoms with Crippen molar-refractivity contribution in [2.75, 3.05) is 26.7 Å². The maximum absolute atomic E-state index is 12.0. The van der Waals surface area contributed by atoms with E-state index in [1.165, 1.54) is 4.88 Å². The molecule has 2 aromatic rings. The minimum Gasteiger partial charge on any atom is -0.356 e. The maximum atomic E-state index is 12.0. The van der Waals surface area contributed by atoms with Gasteiger partial charge >= 0.3 is 0 Å². The molecular weight excluding hydrogens is 497 g/mol. The number of carbonyl (C=O) groups excluding carboxylic acids is 1. The second-order valence-corrected chi connectivity index (χ2v) is 7.41. The van der Waals surface area contributed by atoms with Gasteiger partial charge in [0.2, 0.25) is 0 Å². The molecule has 0 aliphatic rings. The molecule has 1 aromatic heterocycles. The van der Waals surface area contributed by atoms with Gasteiger partial charge in [-0.1, -0.05) is 11.6 Å². The molecule has 0 saturated heterocycles. The number of thiazole rings is 1. The van der Waals surface area contributed by atoms with Gasteiger partial charge in [0, 0.05) is 48.6 Å². The molecule has 0 saturated carbocycles. The van der Waals surface area contributed by atoms with E-state index in [4.69, 9.17) is 11.6 Å². The lowest BCUT2D eigenvalue weighted by Gasteiger charge is -2.12. The number of hydrogen-bond acceptors (Lipinski definition) is 4. The van der Waals surface area contributed by atoms with Crippen LogP contribution in [0.25, 0.3) is 0 Å². The third-order valence-corrected chi connectivity index (χ3v) is 5.12. The molecule has 0 radical (unpaired) electrons. The maximum Gasteiger partial charge on any atom is 0.251 e. The number of amides is 1. The second-order valence-electron chi connectivity index (χ2n) is 5.69. The molecule has 0 unspecified atom stereocenters. The molecule has 2 rings (SSSR count). The van der Waals surface area contributed by atoms with E-state index in [0.717, 1.165) is 23.7 Å². The summed E-state index contributed by atoms with van der Waals surface area (Å²) in [7, 11) is 1.72. The van der Waals surface area contributed by atoms with E-state index in [0.29, 0.717) is 29.6 Å². The predicted molar refractivity (Wildman–Crippen MR) is 124 cm³/mol. The number of carbonyl (C=O) groups is 1. The van der Waals surface area contributed by atoms with Crippen molar-refractivity contribution in [1.82, 2.24) is 20.9 Å². The predicted octanol–water partition coefficient (Wildman–Crippen LogP) is 3.17. The Labute approximate surface area is 186 Å². The first-order chi connectivity index (χ1) is 12.5. The van der Waals surface area contributed by atoms with Crippen LogP contribution in [0.4, 0.5) is 0 Å². The van der Waals surface area contributed by atoms with E-state index in [1.54, 1.807) is 42.6 Å². The molecule has 9 heteroatoms. The molecule has 0 aliphatic heterocycles. The number of rotatable bonds is 7. The normalized spacial score (nSPS) is 10.9. The molecule has 1 amide bonds. The molecule has 0 bridgehead atoms. The van der Waals surface area contributed by atoms with Crippen molar-refractivity contribution in [3.8, 4) is 0 Å². The van der Waals surface area contributed by atoms with Gasteiger partial charge in [-0.15, -0.1) is 35.3 Å². The van der Waals surface area contributed by atoms with Gasteiger partial charge < -0.3 is 16.0 Å². The van der Waals surface area contributed by atoms with Gasteiger partial charge in [-0.3, -0.25) is 9.79 Å². The topological polar surface area (TPSA) is 78.4 Å². The minimum absolute atomic E-state index is 0. The summed E-state index contributed by atoms with van der Waals surface area (Å²) in [6.45, 7) is 5.94. The lowest BCUT2D eigenvalue weighted by Crippen LogP contribution is -2.42. The van der Waals surface area contributed by atoms with Crippen LogP contribution in [0.1, 0.15) is 25.9 Å². The molecular formula is C18H25ClIN5OS. The van der Waals surface area contributed by atoms with Gasteiger partial charge in [0.1, 0.15) is 0 Å². The summed E-state index contributed by atoms with van der Waals surface area (Å²) in [4.78, 5) is 22.0. The van der Waals surface area contributed by atoms with E-state index in [1.807, 2.05) is 6.92 Å². The number of aryl methyl sites for hydroxylation is 2. The van der Waals surface area contributed by atoms with Crippen LogP contribution in [-0.2, 0) is 6.42 Å². The van der Waals surface area contributed by atoms with Gasteiger partial charge in [-0.05, 0) is 38.1 Å². The van der Waals surface area contributed by atoms with Gasteiger partial charge in [0.25, 0.3) is 5.91 Å². The first-order valence-electron chi connectivity index (χ1n) is 8.40. The first kappa shape index (κ1) is 23.6. The highest BCUT2D eigenvalue weighted by Gasteiger charge is 2.06. The number of guanidine groups is 1. The summed E-state index contributed by atoms with van der Waals surface area (Å²) in [5.74, 6) is 0.580. The van der Waals surface area contributed by atoms with Gasteiger partial charge in [0.05, 0.1) is 10.7 Å². The molecule has 1 aromatic carbocycles. The van der Waals surface area contributed by atoms with Crippen molar-refractivity contribution < 1.29 is 4.79 Å². The first-order valence-corrected chi connectivity index (χ1v) is 9.60. The van der Waals surface area contributed by atoms with Crippen LogP contribution < -0.4 is 16.0 Å². The van der Waals surface area contributed by atoms with Crippen molar-refractivity contribution in [3.63, 3.8) is 0 Å². The van der Waals surface area contributed by atoms with Crippen molar-refractivity contribution in [2.24, 2.45) is 4.99 Å². The number of aromatic nitrogens is 1. The number of hydrogen-bond donors (Lipinski definition) is 3. The zero-order valence-electron chi connectivity index (χ0n) is 15.6. The molecule has 27 heavy (non-hydrogen) atoms.